The first-order valence-corrected chi connectivity index (χ1v) is 31.1. The summed E-state index contributed by atoms with van der Waals surface area (Å²) in [4.78, 5) is 47.8. The van der Waals surface area contributed by atoms with Gasteiger partial charge in [-0.05, 0) is 140 Å². The molecule has 8 aliphatic carbocycles. The van der Waals surface area contributed by atoms with Gasteiger partial charge >= 0.3 is 0 Å². The molecule has 4 aromatic carbocycles. The van der Waals surface area contributed by atoms with Crippen molar-refractivity contribution >= 4 is 23.1 Å². The molecule has 0 saturated carbocycles. The molecule has 8 N–H and O–H groups in total. The average Bonchev–Trinajstić information content (AvgIpc) is 0.707. The summed E-state index contributed by atoms with van der Waals surface area (Å²) in [7, 11) is 0. The number of ketones is 4. The fraction of sp³-hybridized carbons (Fsp3) is 0.471. The van der Waals surface area contributed by atoms with Crippen molar-refractivity contribution in [1.29, 1.82) is 0 Å². The topological polar surface area (TPSA) is 359 Å². The maximum absolute atomic E-state index is 11.9. The molecule has 7 fully saturated rings. The number of carbonyl (C=O) groups excluding carboxylic acids is 4. The lowest BCUT2D eigenvalue weighted by Crippen LogP contribution is -2.32. The van der Waals surface area contributed by atoms with Crippen LogP contribution in [0.25, 0.3) is 0 Å². The van der Waals surface area contributed by atoms with Gasteiger partial charge in [-0.25, -0.2) is 0 Å². The summed E-state index contributed by atoms with van der Waals surface area (Å²) in [5, 5.41) is 79.6. The molecule has 26 nitrogen and oxygen atoms in total. The van der Waals surface area contributed by atoms with Crippen LogP contribution in [-0.4, -0.2) is 249 Å². The zero-order valence-corrected chi connectivity index (χ0v) is 52.0. The molecule has 26 heteroatoms. The summed E-state index contributed by atoms with van der Waals surface area (Å²) in [6.45, 7) is 21.8. The molecular formula is C68H80O26. The number of allylic oxidation sites excluding steroid dienone is 8. The smallest absolute Gasteiger partial charge is 0.226 e. The number of benzene rings is 4. The Morgan fingerprint density at radius 3 is 0.372 bits per heavy atom. The van der Waals surface area contributed by atoms with E-state index in [-0.39, 0.29) is 46.0 Å². The lowest BCUT2D eigenvalue weighted by atomic mass is 9.58. The number of hydrogen-bond donors (Lipinski definition) is 8. The minimum atomic E-state index is -0.620. The minimum absolute atomic E-state index is 0.287. The minimum Gasteiger partial charge on any atom is -0.504 e. The van der Waals surface area contributed by atoms with Gasteiger partial charge < -0.3 is 107 Å². The average molecular weight is 1310 g/mol. The summed E-state index contributed by atoms with van der Waals surface area (Å²) in [6.07, 6.45) is 5.20. The van der Waals surface area contributed by atoms with E-state index in [1.807, 2.05) is 0 Å². The summed E-state index contributed by atoms with van der Waals surface area (Å²) in [5.41, 5.74) is 8.04. The SMILES string of the molecule is C1COCCO1.C1COCCO1.C1COCCO1.C1COCCO1.C1COCCO1.C1COCCO1.C1COCCO1.O=C1C=C2C(=CC1=O)C1c3cc(O)c(O)cc3C2c2cc(O)c(O)cc21.O=C1C=C2C(=CC1=O)C1c3cc(O)c(O)cc3C2c2cc(O)c(O)cc21. The second kappa shape index (κ2) is 35.7. The van der Waals surface area contributed by atoms with E-state index in [0.717, 1.165) is 185 Å². The third kappa shape index (κ3) is 18.4. The first kappa shape index (κ1) is 70.7. The lowest BCUT2D eigenvalue weighted by Gasteiger charge is -2.44. The molecule has 0 aromatic heterocycles. The predicted molar refractivity (Wildman–Crippen MR) is 330 cm³/mol. The predicted octanol–water partition coefficient (Wildman–Crippen LogP) is 4.44. The molecule has 19 rings (SSSR count). The molecule has 0 atom stereocenters. The second-order valence-electron chi connectivity index (χ2n) is 22.0. The molecule has 4 aromatic rings. The van der Waals surface area contributed by atoms with Crippen molar-refractivity contribution < 1.29 is 126 Å². The van der Waals surface area contributed by atoms with E-state index >= 15 is 0 Å². The molecule has 0 amide bonds. The highest BCUT2D eigenvalue weighted by atomic mass is 16.6. The van der Waals surface area contributed by atoms with Gasteiger partial charge in [-0.15, -0.1) is 0 Å². The van der Waals surface area contributed by atoms with Crippen LogP contribution in [-0.2, 0) is 85.5 Å². The van der Waals surface area contributed by atoms with Gasteiger partial charge in [-0.2, -0.15) is 0 Å². The number of phenolic OH excluding ortho intramolecular Hbond substituents is 8. The van der Waals surface area contributed by atoms with Gasteiger partial charge in [0.15, 0.2) is 46.0 Å². The Kier molecular flexibility index (Phi) is 26.9. The Balaban J connectivity index is 0.000000139. The maximum Gasteiger partial charge on any atom is 0.226 e. The standard InChI is InChI=1S/2C20H12O6.7C4H8O2/c2*21-13-1-7-8(2-14(13)22)20-11-5-17(25)15(23)3-9(11)19(7)10-4-16(24)18(26)6-12(10)20;7*1-2-6-4-3-5-1/h2*1-6,19-23,25H;7*1-4H2. The van der Waals surface area contributed by atoms with E-state index in [9.17, 15) is 60.0 Å². The fourth-order valence-corrected chi connectivity index (χ4v) is 11.7. The van der Waals surface area contributed by atoms with Crippen LogP contribution in [0.3, 0.4) is 0 Å². The summed E-state index contributed by atoms with van der Waals surface area (Å²) < 4.78 is 69.2. The third-order valence-corrected chi connectivity index (χ3v) is 16.0. The molecule has 4 bridgehead atoms. The molecule has 0 unspecified atom stereocenters. The maximum atomic E-state index is 11.9. The van der Waals surface area contributed by atoms with Crippen LogP contribution in [0.4, 0.5) is 0 Å². The largest absolute Gasteiger partial charge is 0.504 e. The van der Waals surface area contributed by atoms with E-state index in [1.54, 1.807) is 0 Å². The number of ether oxygens (including phenoxy) is 14. The number of hydrogen-bond acceptors (Lipinski definition) is 26. The van der Waals surface area contributed by atoms with E-state index in [0.29, 0.717) is 66.8 Å². The molecule has 15 aliphatic rings. The van der Waals surface area contributed by atoms with Crippen LogP contribution in [0, 0.1) is 0 Å². The zero-order valence-electron chi connectivity index (χ0n) is 52.0. The van der Waals surface area contributed by atoms with Crippen LogP contribution in [0.5, 0.6) is 46.0 Å². The first-order valence-electron chi connectivity index (χ1n) is 31.1. The Bertz CT molecular complexity index is 2700. The number of rotatable bonds is 0. The Morgan fingerprint density at radius 1 is 0.191 bits per heavy atom. The van der Waals surface area contributed by atoms with Gasteiger partial charge in [0, 0.05) is 23.7 Å². The summed E-state index contributed by atoms with van der Waals surface area (Å²) in [6, 6.07) is 11.5. The molecule has 508 valence electrons. The Hall–Kier alpha value is -7.64. The summed E-state index contributed by atoms with van der Waals surface area (Å²) >= 11 is 0. The van der Waals surface area contributed by atoms with E-state index in [4.69, 9.17) is 66.3 Å². The molecule has 0 spiro atoms. The van der Waals surface area contributed by atoms with Gasteiger partial charge in [0.1, 0.15) is 0 Å². The van der Waals surface area contributed by atoms with Gasteiger partial charge in [-0.3, -0.25) is 19.2 Å². The molecule has 7 heterocycles. The van der Waals surface area contributed by atoms with E-state index in [2.05, 4.69) is 0 Å². The third-order valence-electron chi connectivity index (χ3n) is 16.0. The highest BCUT2D eigenvalue weighted by Crippen LogP contribution is 2.63. The molecular weight excluding hydrogens is 1230 g/mol. The Morgan fingerprint density at radius 2 is 0.287 bits per heavy atom. The van der Waals surface area contributed by atoms with Crippen LogP contribution >= 0.6 is 0 Å². The molecule has 7 saturated heterocycles. The van der Waals surface area contributed by atoms with Crippen LogP contribution in [0.1, 0.15) is 68.2 Å². The van der Waals surface area contributed by atoms with Gasteiger partial charge in [0.25, 0.3) is 0 Å². The molecule has 0 radical (unpaired) electrons. The van der Waals surface area contributed by atoms with Crippen molar-refractivity contribution in [2.45, 2.75) is 23.7 Å². The zero-order chi connectivity index (χ0) is 66.3. The second-order valence-corrected chi connectivity index (χ2v) is 22.0. The van der Waals surface area contributed by atoms with Crippen molar-refractivity contribution in [2.75, 3.05) is 185 Å². The first-order chi connectivity index (χ1) is 45.7. The lowest BCUT2D eigenvalue weighted by molar-refractivity contribution is -0.131. The van der Waals surface area contributed by atoms with Crippen LogP contribution in [0.2, 0.25) is 0 Å². The molecule has 94 heavy (non-hydrogen) atoms. The van der Waals surface area contributed by atoms with Gasteiger partial charge in [0.05, 0.1) is 185 Å². The van der Waals surface area contributed by atoms with Gasteiger partial charge in [-0.1, -0.05) is 0 Å². The van der Waals surface area contributed by atoms with Crippen molar-refractivity contribution in [2.24, 2.45) is 0 Å². The normalized spacial score (nSPS) is 23.1. The van der Waals surface area contributed by atoms with Gasteiger partial charge in [0.2, 0.25) is 23.1 Å². The summed E-state index contributed by atoms with van der Waals surface area (Å²) in [5.74, 6) is -6.75. The number of carbonyl (C=O) groups is 4. The monoisotopic (exact) mass is 1310 g/mol. The fourth-order valence-electron chi connectivity index (χ4n) is 11.7. The van der Waals surface area contributed by atoms with E-state index in [1.165, 1.54) is 72.8 Å². The van der Waals surface area contributed by atoms with Crippen molar-refractivity contribution in [3.05, 3.63) is 140 Å². The highest BCUT2D eigenvalue weighted by Gasteiger charge is 2.48. The quantitative estimate of drug-likeness (QED) is 0.0685. The number of aromatic hydroxyl groups is 8. The Labute approximate surface area is 541 Å². The van der Waals surface area contributed by atoms with Crippen LogP contribution in [0.15, 0.2) is 95.1 Å². The molecule has 7 aliphatic heterocycles. The van der Waals surface area contributed by atoms with Crippen molar-refractivity contribution in [3.8, 4) is 46.0 Å². The van der Waals surface area contributed by atoms with Crippen molar-refractivity contribution in [3.63, 3.8) is 0 Å². The van der Waals surface area contributed by atoms with Crippen LogP contribution < -0.4 is 0 Å². The van der Waals surface area contributed by atoms with Crippen molar-refractivity contribution in [1.82, 2.24) is 0 Å². The number of phenols is 8. The highest BCUT2D eigenvalue weighted by molar-refractivity contribution is 6.47. The van der Waals surface area contributed by atoms with E-state index < -0.39 is 46.8 Å².